The van der Waals surface area contributed by atoms with E-state index in [1.54, 1.807) is 0 Å². The van der Waals surface area contributed by atoms with Gasteiger partial charge in [0.2, 0.25) is 0 Å². The second-order valence-corrected chi connectivity index (χ2v) is 9.45. The van der Waals surface area contributed by atoms with E-state index in [-0.39, 0.29) is 18.1 Å². The minimum absolute atomic E-state index is 0.0122. The zero-order valence-electron chi connectivity index (χ0n) is 19.8. The number of aryl methyl sites for hydroxylation is 1. The van der Waals surface area contributed by atoms with E-state index < -0.39 is 0 Å². The van der Waals surface area contributed by atoms with Gasteiger partial charge in [0.1, 0.15) is 6.10 Å². The molecule has 1 aliphatic heterocycles. The molecule has 1 saturated carbocycles. The number of nitrogens with one attached hydrogen (secondary N) is 2. The Kier molecular flexibility index (Phi) is 6.95. The van der Waals surface area contributed by atoms with Crippen LogP contribution in [0.25, 0.3) is 10.9 Å². The predicted octanol–water partition coefficient (Wildman–Crippen LogP) is 5.36. The fraction of sp³-hybridized carbons (Fsp3) is 0.429. The second kappa shape index (κ2) is 10.4. The lowest BCUT2D eigenvalue weighted by atomic mass is 9.81. The van der Waals surface area contributed by atoms with Gasteiger partial charge >= 0.3 is 0 Å². The van der Waals surface area contributed by atoms with Gasteiger partial charge in [0, 0.05) is 41.4 Å². The number of oxime groups is 1. The van der Waals surface area contributed by atoms with Crippen LogP contribution in [0.2, 0.25) is 0 Å². The molecule has 34 heavy (non-hydrogen) atoms. The number of aromatic nitrogens is 1. The van der Waals surface area contributed by atoms with Crippen LogP contribution in [-0.2, 0) is 9.57 Å². The third kappa shape index (κ3) is 5.02. The molecule has 178 valence electrons. The molecule has 6 heteroatoms. The standard InChI is InChI=1S/C28H33N3O3/c1-19-26(24-9-5-6-10-25(24)29-19)28(32)30-22-13-11-21(12-14-22)27(20-7-3-2-4-8-20)31-34-23-15-17-33-18-16-23/h2-10,21-23,29H,11-18H2,1H3,(H,30,32)/b31-27+/t21-,22-. The third-order valence-corrected chi connectivity index (χ3v) is 7.11. The molecule has 3 aromatic rings. The van der Waals surface area contributed by atoms with Gasteiger partial charge < -0.3 is 19.9 Å². The Morgan fingerprint density at radius 2 is 1.68 bits per heavy atom. The molecule has 6 nitrogen and oxygen atoms in total. The summed E-state index contributed by atoms with van der Waals surface area (Å²) in [4.78, 5) is 22.4. The van der Waals surface area contributed by atoms with Crippen molar-refractivity contribution in [3.63, 3.8) is 0 Å². The zero-order chi connectivity index (χ0) is 23.3. The highest BCUT2D eigenvalue weighted by Crippen LogP contribution is 2.30. The SMILES string of the molecule is Cc1[nH]c2ccccc2c1C(=O)N[C@H]1CC[C@H](/C(=N/OC2CCOCC2)c2ccccc2)CC1. The number of hydrogen-bond acceptors (Lipinski definition) is 4. The van der Waals surface area contributed by atoms with Gasteiger partial charge in [-0.2, -0.15) is 0 Å². The molecule has 2 N–H and O–H groups in total. The second-order valence-electron chi connectivity index (χ2n) is 9.45. The van der Waals surface area contributed by atoms with Gasteiger partial charge in [-0.15, -0.1) is 0 Å². The van der Waals surface area contributed by atoms with Crippen molar-refractivity contribution < 1.29 is 14.4 Å². The van der Waals surface area contributed by atoms with E-state index in [9.17, 15) is 4.79 Å². The smallest absolute Gasteiger partial charge is 0.253 e. The quantitative estimate of drug-likeness (QED) is 0.385. The van der Waals surface area contributed by atoms with Gasteiger partial charge in [0.25, 0.3) is 5.91 Å². The minimum Gasteiger partial charge on any atom is -0.392 e. The van der Waals surface area contributed by atoms with E-state index in [0.717, 1.165) is 85.2 Å². The lowest BCUT2D eigenvalue weighted by Crippen LogP contribution is -2.39. The summed E-state index contributed by atoms with van der Waals surface area (Å²) in [6.45, 7) is 3.44. The highest BCUT2D eigenvalue weighted by atomic mass is 16.6. The first-order valence-electron chi connectivity index (χ1n) is 12.4. The number of ether oxygens (including phenoxy) is 1. The third-order valence-electron chi connectivity index (χ3n) is 7.11. The Hall–Kier alpha value is -3.12. The Morgan fingerprint density at radius 1 is 0.971 bits per heavy atom. The number of H-pyrrole nitrogens is 1. The van der Waals surface area contributed by atoms with Crippen LogP contribution in [0.15, 0.2) is 59.8 Å². The Balaban J connectivity index is 1.25. The van der Waals surface area contributed by atoms with Crippen LogP contribution in [0.3, 0.4) is 0 Å². The van der Waals surface area contributed by atoms with Crippen LogP contribution >= 0.6 is 0 Å². The molecule has 1 amide bonds. The summed E-state index contributed by atoms with van der Waals surface area (Å²) < 4.78 is 5.44. The predicted molar refractivity (Wildman–Crippen MR) is 134 cm³/mol. The summed E-state index contributed by atoms with van der Waals surface area (Å²) in [5.74, 6) is 0.336. The highest BCUT2D eigenvalue weighted by molar-refractivity contribution is 6.08. The van der Waals surface area contributed by atoms with Crippen molar-refractivity contribution in [1.82, 2.24) is 10.3 Å². The topological polar surface area (TPSA) is 75.7 Å². The summed E-state index contributed by atoms with van der Waals surface area (Å²) in [6, 6.07) is 18.5. The number of aromatic amines is 1. The molecule has 2 aliphatic rings. The first-order valence-corrected chi connectivity index (χ1v) is 12.4. The van der Waals surface area contributed by atoms with E-state index in [0.29, 0.717) is 5.92 Å². The van der Waals surface area contributed by atoms with Crippen molar-refractivity contribution in [1.29, 1.82) is 0 Å². The maximum Gasteiger partial charge on any atom is 0.253 e. The molecule has 5 rings (SSSR count). The van der Waals surface area contributed by atoms with Crippen LogP contribution in [0.1, 0.15) is 60.1 Å². The van der Waals surface area contributed by atoms with Crippen LogP contribution in [-0.4, -0.2) is 42.0 Å². The molecule has 1 aromatic heterocycles. The largest absolute Gasteiger partial charge is 0.392 e. The van der Waals surface area contributed by atoms with Gasteiger partial charge in [-0.05, 0) is 44.2 Å². The average Bonchev–Trinajstić information content (AvgIpc) is 3.22. The lowest BCUT2D eigenvalue weighted by molar-refractivity contribution is -0.0304. The number of benzene rings is 2. The van der Waals surface area contributed by atoms with Crippen molar-refractivity contribution >= 4 is 22.5 Å². The normalized spacial score (nSPS) is 22.0. The molecule has 1 saturated heterocycles. The van der Waals surface area contributed by atoms with Crippen molar-refractivity contribution in [2.75, 3.05) is 13.2 Å². The highest BCUT2D eigenvalue weighted by Gasteiger charge is 2.28. The molecule has 2 aromatic carbocycles. The number of amides is 1. The van der Waals surface area contributed by atoms with E-state index >= 15 is 0 Å². The molecule has 0 unspecified atom stereocenters. The molecule has 0 spiro atoms. The lowest BCUT2D eigenvalue weighted by Gasteiger charge is -2.30. The average molecular weight is 460 g/mol. The molecular formula is C28H33N3O3. The van der Waals surface area contributed by atoms with Gasteiger partial charge in [-0.1, -0.05) is 53.7 Å². The van der Waals surface area contributed by atoms with Crippen LogP contribution in [0, 0.1) is 12.8 Å². The minimum atomic E-state index is 0.0122. The number of nitrogens with zero attached hydrogens (tertiary/aromatic N) is 1. The summed E-state index contributed by atoms with van der Waals surface area (Å²) in [6.07, 6.45) is 5.71. The first-order chi connectivity index (χ1) is 16.7. The summed E-state index contributed by atoms with van der Waals surface area (Å²) in [5, 5.41) is 8.96. The maximum atomic E-state index is 13.1. The fourth-order valence-electron chi connectivity index (χ4n) is 5.22. The Labute approximate surface area is 200 Å². The van der Waals surface area contributed by atoms with Crippen LogP contribution < -0.4 is 5.32 Å². The maximum absolute atomic E-state index is 13.1. The summed E-state index contributed by atoms with van der Waals surface area (Å²) in [5.41, 5.74) is 4.83. The molecular weight excluding hydrogens is 426 g/mol. The van der Waals surface area contributed by atoms with Gasteiger partial charge in [0.15, 0.2) is 0 Å². The molecule has 0 atom stereocenters. The number of para-hydroxylation sites is 1. The number of hydrogen-bond donors (Lipinski definition) is 2. The van der Waals surface area contributed by atoms with Crippen molar-refractivity contribution in [2.24, 2.45) is 11.1 Å². The van der Waals surface area contributed by atoms with Gasteiger partial charge in [-0.25, -0.2) is 0 Å². The Morgan fingerprint density at radius 3 is 2.44 bits per heavy atom. The molecule has 2 fully saturated rings. The Bertz CT molecular complexity index is 1140. The van der Waals surface area contributed by atoms with Crippen LogP contribution in [0.4, 0.5) is 0 Å². The summed E-state index contributed by atoms with van der Waals surface area (Å²) >= 11 is 0. The molecule has 1 aliphatic carbocycles. The van der Waals surface area contributed by atoms with E-state index in [2.05, 4.69) is 39.7 Å². The monoisotopic (exact) mass is 459 g/mol. The number of fused-ring (bicyclic) bond motifs is 1. The first kappa shape index (κ1) is 22.7. The van der Waals surface area contributed by atoms with E-state index in [1.807, 2.05) is 37.3 Å². The number of carbonyl (C=O) groups excluding carboxylic acids is 1. The molecule has 0 bridgehead atoms. The van der Waals surface area contributed by atoms with Crippen molar-refractivity contribution in [3.05, 3.63) is 71.4 Å². The number of carbonyl (C=O) groups is 1. The van der Waals surface area contributed by atoms with Crippen LogP contribution in [0.5, 0.6) is 0 Å². The van der Waals surface area contributed by atoms with Gasteiger partial charge in [0.05, 0.1) is 24.5 Å². The molecule has 2 heterocycles. The van der Waals surface area contributed by atoms with Crippen molar-refractivity contribution in [2.45, 2.75) is 57.6 Å². The molecule has 0 radical (unpaired) electrons. The number of rotatable bonds is 6. The fourth-order valence-corrected chi connectivity index (χ4v) is 5.22. The zero-order valence-corrected chi connectivity index (χ0v) is 19.8. The van der Waals surface area contributed by atoms with Crippen molar-refractivity contribution in [3.8, 4) is 0 Å². The van der Waals surface area contributed by atoms with E-state index in [4.69, 9.17) is 9.57 Å². The van der Waals surface area contributed by atoms with E-state index in [1.165, 1.54) is 0 Å². The van der Waals surface area contributed by atoms with Gasteiger partial charge in [-0.3, -0.25) is 4.79 Å². The summed E-state index contributed by atoms with van der Waals surface area (Å²) in [7, 11) is 0.